The van der Waals surface area contributed by atoms with Gasteiger partial charge >= 0.3 is 0 Å². The highest BCUT2D eigenvalue weighted by Gasteiger charge is 2.01. The van der Waals surface area contributed by atoms with Gasteiger partial charge in [0.25, 0.3) is 0 Å². The second kappa shape index (κ2) is 6.94. The zero-order chi connectivity index (χ0) is 10.3. The van der Waals surface area contributed by atoms with E-state index in [0.29, 0.717) is 0 Å². The molecule has 0 amide bonds. The van der Waals surface area contributed by atoms with Crippen molar-refractivity contribution >= 4 is 0 Å². The molecule has 0 aromatic heterocycles. The second-order valence-electron chi connectivity index (χ2n) is 4.45. The minimum atomic E-state index is 0.844. The maximum absolute atomic E-state index is 3.92. The number of rotatable bonds is 7. The fourth-order valence-corrected chi connectivity index (χ4v) is 1.39. The first kappa shape index (κ1) is 12.5. The van der Waals surface area contributed by atoms with Gasteiger partial charge in [-0.2, -0.15) is 0 Å². The van der Waals surface area contributed by atoms with Gasteiger partial charge in [-0.25, -0.2) is 0 Å². The highest BCUT2D eigenvalue weighted by Crippen LogP contribution is 2.17. The molecule has 0 fully saturated rings. The van der Waals surface area contributed by atoms with E-state index in [9.17, 15) is 0 Å². The molecule has 1 unspecified atom stereocenters. The summed E-state index contributed by atoms with van der Waals surface area (Å²) in [5.74, 6) is 0.844. The summed E-state index contributed by atoms with van der Waals surface area (Å²) in [5.41, 5.74) is 2.62. The van der Waals surface area contributed by atoms with E-state index in [1.165, 1.54) is 43.3 Å². The molecule has 0 aliphatic rings. The summed E-state index contributed by atoms with van der Waals surface area (Å²) in [4.78, 5) is 0. The van der Waals surface area contributed by atoms with Gasteiger partial charge in [-0.05, 0) is 45.4 Å². The predicted octanol–water partition coefficient (Wildman–Crippen LogP) is 4.73. The number of hydrogen-bond acceptors (Lipinski definition) is 0. The van der Waals surface area contributed by atoms with Gasteiger partial charge in [0, 0.05) is 0 Å². The molecule has 13 heavy (non-hydrogen) atoms. The van der Waals surface area contributed by atoms with Crippen molar-refractivity contribution in [1.82, 2.24) is 0 Å². The molecular weight excluding hydrogens is 156 g/mol. The van der Waals surface area contributed by atoms with Crippen molar-refractivity contribution in [3.63, 3.8) is 0 Å². The molecule has 0 N–H and O–H groups in total. The third-order valence-electron chi connectivity index (χ3n) is 2.36. The lowest BCUT2D eigenvalue weighted by molar-refractivity contribution is 0.474. The van der Waals surface area contributed by atoms with Gasteiger partial charge < -0.3 is 0 Å². The molecular formula is C13H24. The van der Waals surface area contributed by atoms with E-state index in [2.05, 4.69) is 33.9 Å². The van der Waals surface area contributed by atoms with Crippen LogP contribution in [0.1, 0.15) is 52.9 Å². The van der Waals surface area contributed by atoms with E-state index < -0.39 is 0 Å². The predicted molar refractivity (Wildman–Crippen MR) is 61.9 cm³/mol. The summed E-state index contributed by atoms with van der Waals surface area (Å²) >= 11 is 0. The van der Waals surface area contributed by atoms with Crippen LogP contribution in [0.3, 0.4) is 0 Å². The Balaban J connectivity index is 3.35. The van der Waals surface area contributed by atoms with Crippen LogP contribution >= 0.6 is 0 Å². The maximum atomic E-state index is 3.92. The minimum Gasteiger partial charge on any atom is -0.100 e. The smallest absolute Gasteiger partial charge is 0.0323 e. The summed E-state index contributed by atoms with van der Waals surface area (Å²) in [6, 6.07) is 0. The van der Waals surface area contributed by atoms with Crippen molar-refractivity contribution < 1.29 is 0 Å². The van der Waals surface area contributed by atoms with E-state index in [-0.39, 0.29) is 0 Å². The van der Waals surface area contributed by atoms with Gasteiger partial charge in [0.2, 0.25) is 0 Å². The van der Waals surface area contributed by atoms with Crippen LogP contribution in [0.4, 0.5) is 0 Å². The van der Waals surface area contributed by atoms with Crippen molar-refractivity contribution in [1.29, 1.82) is 0 Å². The van der Waals surface area contributed by atoms with Crippen molar-refractivity contribution in [3.05, 3.63) is 24.3 Å². The Morgan fingerprint density at radius 2 is 1.54 bits per heavy atom. The zero-order valence-electron chi connectivity index (χ0n) is 9.53. The SMILES string of the molecule is C=C(C)CCCC(C)CCC(=C)C. The van der Waals surface area contributed by atoms with E-state index in [4.69, 9.17) is 0 Å². The van der Waals surface area contributed by atoms with Crippen LogP contribution in [0.2, 0.25) is 0 Å². The maximum Gasteiger partial charge on any atom is -0.0323 e. The van der Waals surface area contributed by atoms with Crippen molar-refractivity contribution in [2.45, 2.75) is 52.9 Å². The normalized spacial score (nSPS) is 12.5. The van der Waals surface area contributed by atoms with Crippen LogP contribution in [0.15, 0.2) is 24.3 Å². The third kappa shape index (κ3) is 9.39. The standard InChI is InChI=1S/C13H24/c1-11(2)7-6-8-13(5)10-9-12(3)4/h13H,1,3,6-10H2,2,4-5H3. The molecule has 0 heterocycles. The first-order valence-corrected chi connectivity index (χ1v) is 5.31. The summed E-state index contributed by atoms with van der Waals surface area (Å²) in [7, 11) is 0. The second-order valence-corrected chi connectivity index (χ2v) is 4.45. The van der Waals surface area contributed by atoms with Gasteiger partial charge in [-0.3, -0.25) is 0 Å². The van der Waals surface area contributed by atoms with Gasteiger partial charge in [0.15, 0.2) is 0 Å². The highest BCUT2D eigenvalue weighted by molar-refractivity contribution is 4.89. The molecule has 0 aliphatic heterocycles. The van der Waals surface area contributed by atoms with Crippen molar-refractivity contribution in [2.24, 2.45) is 5.92 Å². The molecule has 0 aromatic carbocycles. The molecule has 0 heteroatoms. The first-order chi connectivity index (χ1) is 6.02. The van der Waals surface area contributed by atoms with Crippen LogP contribution in [0.5, 0.6) is 0 Å². The lowest BCUT2D eigenvalue weighted by Crippen LogP contribution is -1.95. The van der Waals surface area contributed by atoms with Crippen LogP contribution in [0.25, 0.3) is 0 Å². The summed E-state index contributed by atoms with van der Waals surface area (Å²) in [6.07, 6.45) is 6.31. The molecule has 0 radical (unpaired) electrons. The summed E-state index contributed by atoms with van der Waals surface area (Å²) in [6.45, 7) is 14.4. The molecule has 0 saturated heterocycles. The lowest BCUT2D eigenvalue weighted by Gasteiger charge is -2.10. The van der Waals surface area contributed by atoms with Crippen LogP contribution in [-0.4, -0.2) is 0 Å². The quantitative estimate of drug-likeness (QED) is 0.497. The van der Waals surface area contributed by atoms with Crippen molar-refractivity contribution in [3.8, 4) is 0 Å². The fourth-order valence-electron chi connectivity index (χ4n) is 1.39. The molecule has 1 atom stereocenters. The molecule has 0 aliphatic carbocycles. The number of allylic oxidation sites excluding steroid dienone is 2. The largest absolute Gasteiger partial charge is 0.100 e. The molecule has 0 spiro atoms. The molecule has 0 nitrogen and oxygen atoms in total. The zero-order valence-corrected chi connectivity index (χ0v) is 9.53. The van der Waals surface area contributed by atoms with Crippen LogP contribution in [-0.2, 0) is 0 Å². The van der Waals surface area contributed by atoms with Crippen LogP contribution < -0.4 is 0 Å². The van der Waals surface area contributed by atoms with E-state index in [1.807, 2.05) is 0 Å². The van der Waals surface area contributed by atoms with E-state index in [1.54, 1.807) is 0 Å². The van der Waals surface area contributed by atoms with Gasteiger partial charge in [-0.15, -0.1) is 13.2 Å². The topological polar surface area (TPSA) is 0 Å². The lowest BCUT2D eigenvalue weighted by atomic mass is 9.96. The van der Waals surface area contributed by atoms with Crippen molar-refractivity contribution in [2.75, 3.05) is 0 Å². The Kier molecular flexibility index (Phi) is 6.66. The Morgan fingerprint density at radius 3 is 2.00 bits per heavy atom. The highest BCUT2D eigenvalue weighted by atomic mass is 14.1. The van der Waals surface area contributed by atoms with E-state index >= 15 is 0 Å². The average molecular weight is 180 g/mol. The fraction of sp³-hybridized carbons (Fsp3) is 0.692. The first-order valence-electron chi connectivity index (χ1n) is 5.31. The van der Waals surface area contributed by atoms with Gasteiger partial charge in [0.1, 0.15) is 0 Å². The molecule has 0 bridgehead atoms. The summed E-state index contributed by atoms with van der Waals surface area (Å²) < 4.78 is 0. The summed E-state index contributed by atoms with van der Waals surface area (Å²) in [5, 5.41) is 0. The Bertz CT molecular complexity index is 165. The molecule has 0 rings (SSSR count). The van der Waals surface area contributed by atoms with Crippen LogP contribution in [0, 0.1) is 5.92 Å². The average Bonchev–Trinajstić information content (AvgIpc) is 2.00. The Morgan fingerprint density at radius 1 is 1.00 bits per heavy atom. The minimum absolute atomic E-state index is 0.844. The monoisotopic (exact) mass is 180 g/mol. The molecule has 76 valence electrons. The van der Waals surface area contributed by atoms with Gasteiger partial charge in [0.05, 0.1) is 0 Å². The van der Waals surface area contributed by atoms with Gasteiger partial charge in [-0.1, -0.05) is 24.5 Å². The Labute approximate surface area is 83.7 Å². The molecule has 0 aromatic rings. The molecule has 0 saturated carbocycles. The third-order valence-corrected chi connectivity index (χ3v) is 2.36. The van der Waals surface area contributed by atoms with E-state index in [0.717, 1.165) is 5.92 Å². The Hall–Kier alpha value is -0.520. The number of hydrogen-bond donors (Lipinski definition) is 0.